The van der Waals surface area contributed by atoms with Crippen LogP contribution in [0.1, 0.15) is 36.2 Å². The molecule has 146 valence electrons. The van der Waals surface area contributed by atoms with Crippen LogP contribution in [0.2, 0.25) is 0 Å². The van der Waals surface area contributed by atoms with Crippen molar-refractivity contribution in [2.24, 2.45) is 0 Å². The molecule has 1 unspecified atom stereocenters. The zero-order valence-corrected chi connectivity index (χ0v) is 16.2. The van der Waals surface area contributed by atoms with E-state index < -0.39 is 0 Å². The van der Waals surface area contributed by atoms with Crippen molar-refractivity contribution in [1.29, 1.82) is 0 Å². The van der Waals surface area contributed by atoms with Gasteiger partial charge < -0.3 is 14.8 Å². The van der Waals surface area contributed by atoms with E-state index in [-0.39, 0.29) is 11.9 Å². The maximum absolute atomic E-state index is 12.5. The molecule has 1 aromatic carbocycles. The third-order valence-electron chi connectivity index (χ3n) is 5.14. The molecular weight excluding hydrogens is 344 g/mol. The number of nitrogens with zero attached hydrogens (tertiary/aromatic N) is 3. The van der Waals surface area contributed by atoms with Crippen LogP contribution in [0, 0.1) is 0 Å². The van der Waals surface area contributed by atoms with Gasteiger partial charge in [0.25, 0.3) is 5.91 Å². The van der Waals surface area contributed by atoms with E-state index in [2.05, 4.69) is 22.2 Å². The van der Waals surface area contributed by atoms with E-state index in [1.165, 1.54) is 0 Å². The van der Waals surface area contributed by atoms with Crippen LogP contribution in [0.5, 0.6) is 5.75 Å². The summed E-state index contributed by atoms with van der Waals surface area (Å²) in [7, 11) is 3.35. The van der Waals surface area contributed by atoms with Gasteiger partial charge in [0, 0.05) is 37.9 Å². The Morgan fingerprint density at radius 1 is 1.22 bits per heavy atom. The highest BCUT2D eigenvalue weighted by molar-refractivity contribution is 6.03. The zero-order valence-electron chi connectivity index (χ0n) is 16.2. The molecule has 7 nitrogen and oxygen atoms in total. The lowest BCUT2D eigenvalue weighted by molar-refractivity contribution is 0.0736. The van der Waals surface area contributed by atoms with Gasteiger partial charge in [-0.15, -0.1) is 0 Å². The predicted octanol–water partition coefficient (Wildman–Crippen LogP) is 2.82. The number of anilines is 1. The monoisotopic (exact) mass is 372 g/mol. The molecule has 0 bridgehead atoms. The minimum absolute atomic E-state index is 0.148. The van der Waals surface area contributed by atoms with Crippen molar-refractivity contribution in [2.45, 2.75) is 31.8 Å². The van der Waals surface area contributed by atoms with Crippen LogP contribution in [0.3, 0.4) is 0 Å². The third-order valence-corrected chi connectivity index (χ3v) is 5.14. The van der Waals surface area contributed by atoms with Gasteiger partial charge >= 0.3 is 0 Å². The summed E-state index contributed by atoms with van der Waals surface area (Å²) in [4.78, 5) is 15.0. The lowest BCUT2D eigenvalue weighted by atomic mass is 10.0. The van der Waals surface area contributed by atoms with Crippen molar-refractivity contribution < 1.29 is 14.3 Å². The van der Waals surface area contributed by atoms with E-state index >= 15 is 0 Å². The minimum atomic E-state index is -0.148. The van der Waals surface area contributed by atoms with Gasteiger partial charge in [0.2, 0.25) is 0 Å². The molecule has 1 aliphatic rings. The first kappa shape index (κ1) is 19.4. The molecule has 2 aromatic rings. The molecule has 1 atom stereocenters. The number of hydrogen-bond acceptors (Lipinski definition) is 5. The maximum Gasteiger partial charge on any atom is 0.256 e. The van der Waals surface area contributed by atoms with Gasteiger partial charge in [0.05, 0.1) is 26.0 Å². The highest BCUT2D eigenvalue weighted by atomic mass is 16.5. The Morgan fingerprint density at radius 3 is 2.56 bits per heavy atom. The first-order chi connectivity index (χ1) is 13.1. The quantitative estimate of drug-likeness (QED) is 0.809. The average molecular weight is 372 g/mol. The number of hydrogen-bond donors (Lipinski definition) is 1. The Kier molecular flexibility index (Phi) is 6.47. The summed E-state index contributed by atoms with van der Waals surface area (Å²) < 4.78 is 12.3. The second-order valence-electron chi connectivity index (χ2n) is 6.92. The van der Waals surface area contributed by atoms with Crippen molar-refractivity contribution in [1.82, 2.24) is 14.7 Å². The Hall–Kier alpha value is -2.38. The number of rotatable bonds is 7. The number of methoxy groups -OCH3 is 2. The number of benzene rings is 1. The summed E-state index contributed by atoms with van der Waals surface area (Å²) in [5.41, 5.74) is 0.590. The molecule has 0 radical (unpaired) electrons. The number of nitrogens with one attached hydrogen (secondary N) is 1. The average Bonchev–Trinajstić information content (AvgIpc) is 3.16. The van der Waals surface area contributed by atoms with Gasteiger partial charge in [-0.3, -0.25) is 9.69 Å². The summed E-state index contributed by atoms with van der Waals surface area (Å²) in [6, 6.07) is 9.63. The molecule has 1 fully saturated rings. The van der Waals surface area contributed by atoms with E-state index in [1.54, 1.807) is 44.7 Å². The number of carbonyl (C=O) groups excluding carboxylic acids is 1. The highest BCUT2D eigenvalue weighted by Crippen LogP contribution is 2.26. The van der Waals surface area contributed by atoms with Gasteiger partial charge in [-0.2, -0.15) is 5.10 Å². The minimum Gasteiger partial charge on any atom is -0.497 e. The van der Waals surface area contributed by atoms with E-state index in [9.17, 15) is 4.79 Å². The van der Waals surface area contributed by atoms with Gasteiger partial charge in [-0.05, 0) is 44.0 Å². The normalized spacial score (nSPS) is 16.9. The first-order valence-electron chi connectivity index (χ1n) is 9.34. The van der Waals surface area contributed by atoms with Crippen LogP contribution < -0.4 is 10.1 Å². The van der Waals surface area contributed by atoms with Crippen LogP contribution in [0.4, 0.5) is 5.82 Å². The largest absolute Gasteiger partial charge is 0.497 e. The molecule has 1 aromatic heterocycles. The standard InChI is InChI=1S/C20H28N4O3/c1-15(14-26-2)23-12-9-17(10-13-23)24-19(8-11-21-24)22-20(25)16-4-6-18(27-3)7-5-16/h4-8,11,15,17H,9-10,12-14H2,1-3H3,(H,22,25). The summed E-state index contributed by atoms with van der Waals surface area (Å²) >= 11 is 0. The fourth-order valence-electron chi connectivity index (χ4n) is 3.55. The topological polar surface area (TPSA) is 68.6 Å². The third kappa shape index (κ3) is 4.67. The van der Waals surface area contributed by atoms with E-state index in [0.29, 0.717) is 11.6 Å². The van der Waals surface area contributed by atoms with Gasteiger partial charge in [0.15, 0.2) is 0 Å². The first-order valence-corrected chi connectivity index (χ1v) is 9.34. The van der Waals surface area contributed by atoms with Crippen LogP contribution >= 0.6 is 0 Å². The Morgan fingerprint density at radius 2 is 1.93 bits per heavy atom. The second kappa shape index (κ2) is 9.01. The Labute approximate surface area is 160 Å². The molecule has 1 amide bonds. The lowest BCUT2D eigenvalue weighted by Gasteiger charge is -2.36. The molecule has 2 heterocycles. The van der Waals surface area contributed by atoms with Crippen LogP contribution in [0.25, 0.3) is 0 Å². The highest BCUT2D eigenvalue weighted by Gasteiger charge is 2.25. The van der Waals surface area contributed by atoms with Crippen molar-refractivity contribution in [2.75, 3.05) is 39.2 Å². The second-order valence-corrected chi connectivity index (χ2v) is 6.92. The van der Waals surface area contributed by atoms with Crippen LogP contribution in [-0.4, -0.2) is 60.5 Å². The van der Waals surface area contributed by atoms with E-state index in [0.717, 1.165) is 44.1 Å². The summed E-state index contributed by atoms with van der Waals surface area (Å²) in [6.45, 7) is 4.94. The van der Waals surface area contributed by atoms with Crippen LogP contribution in [0.15, 0.2) is 36.5 Å². The van der Waals surface area contributed by atoms with Gasteiger partial charge in [-0.1, -0.05) is 0 Å². The lowest BCUT2D eigenvalue weighted by Crippen LogP contribution is -2.42. The molecule has 3 rings (SSSR count). The summed E-state index contributed by atoms with van der Waals surface area (Å²) in [5.74, 6) is 1.32. The zero-order chi connectivity index (χ0) is 19.2. The summed E-state index contributed by atoms with van der Waals surface area (Å²) in [6.07, 6.45) is 3.74. The number of ether oxygens (including phenoxy) is 2. The van der Waals surface area contributed by atoms with Crippen LogP contribution in [-0.2, 0) is 4.74 Å². The molecule has 1 aliphatic heterocycles. The Balaban J connectivity index is 1.61. The fraction of sp³-hybridized carbons (Fsp3) is 0.500. The smallest absolute Gasteiger partial charge is 0.256 e. The summed E-state index contributed by atoms with van der Waals surface area (Å²) in [5, 5.41) is 7.44. The van der Waals surface area contributed by atoms with Crippen molar-refractivity contribution >= 4 is 11.7 Å². The molecule has 1 saturated heterocycles. The number of amides is 1. The number of piperidine rings is 1. The number of likely N-dealkylation sites (tertiary alicyclic amines) is 1. The van der Waals surface area contributed by atoms with Crippen molar-refractivity contribution in [3.63, 3.8) is 0 Å². The number of carbonyl (C=O) groups is 1. The van der Waals surface area contributed by atoms with E-state index in [1.807, 2.05) is 10.7 Å². The SMILES string of the molecule is COCC(C)N1CCC(n2nccc2NC(=O)c2ccc(OC)cc2)CC1. The van der Waals surface area contributed by atoms with E-state index in [4.69, 9.17) is 9.47 Å². The molecule has 1 N–H and O–H groups in total. The molecule has 0 spiro atoms. The Bertz CT molecular complexity index is 736. The fourth-order valence-corrected chi connectivity index (χ4v) is 3.55. The van der Waals surface area contributed by atoms with Crippen molar-refractivity contribution in [3.05, 3.63) is 42.1 Å². The van der Waals surface area contributed by atoms with Gasteiger partial charge in [-0.25, -0.2) is 4.68 Å². The number of aromatic nitrogens is 2. The maximum atomic E-state index is 12.5. The molecule has 27 heavy (non-hydrogen) atoms. The van der Waals surface area contributed by atoms with Gasteiger partial charge in [0.1, 0.15) is 11.6 Å². The molecule has 0 saturated carbocycles. The molecule has 0 aliphatic carbocycles. The van der Waals surface area contributed by atoms with Crippen molar-refractivity contribution in [3.8, 4) is 5.75 Å². The molecular formula is C20H28N4O3. The molecule has 7 heteroatoms. The predicted molar refractivity (Wildman–Crippen MR) is 104 cm³/mol.